The molecule has 1 aliphatic heterocycles. The lowest BCUT2D eigenvalue weighted by Crippen LogP contribution is -2.37. The smallest absolute Gasteiger partial charge is 0.0315 e. The number of aromatic nitrogens is 1. The van der Waals surface area contributed by atoms with Crippen LogP contribution in [0.1, 0.15) is 31.4 Å². The second-order valence-corrected chi connectivity index (χ2v) is 5.19. The topological polar surface area (TPSA) is 28.2 Å². The van der Waals surface area contributed by atoms with Crippen molar-refractivity contribution < 1.29 is 0 Å². The molecule has 0 saturated carbocycles. The molecule has 0 aliphatic carbocycles. The number of piperidine rings is 1. The van der Waals surface area contributed by atoms with E-state index in [0.29, 0.717) is 6.04 Å². The van der Waals surface area contributed by atoms with Gasteiger partial charge in [-0.25, -0.2) is 0 Å². The van der Waals surface area contributed by atoms with Crippen LogP contribution in [-0.4, -0.2) is 36.6 Å². The molecule has 0 bridgehead atoms. The Morgan fingerprint density at radius 2 is 2.47 bits per heavy atom. The van der Waals surface area contributed by atoms with Gasteiger partial charge >= 0.3 is 0 Å². The van der Waals surface area contributed by atoms with Crippen molar-refractivity contribution in [2.24, 2.45) is 5.92 Å². The first-order chi connectivity index (χ1) is 8.25. The zero-order valence-corrected chi connectivity index (χ0v) is 10.9. The van der Waals surface area contributed by atoms with E-state index in [-0.39, 0.29) is 0 Å². The Balaban J connectivity index is 1.78. The zero-order chi connectivity index (χ0) is 12.1. The average molecular weight is 233 g/mol. The number of pyridine rings is 1. The lowest BCUT2D eigenvalue weighted by atomic mass is 9.98. The molecule has 1 aliphatic rings. The van der Waals surface area contributed by atoms with Gasteiger partial charge in [0, 0.05) is 25.0 Å². The fraction of sp³-hybridized carbons (Fsp3) is 0.643. The van der Waals surface area contributed by atoms with Crippen LogP contribution in [0.25, 0.3) is 0 Å². The Hall–Kier alpha value is -0.930. The third-order valence-corrected chi connectivity index (χ3v) is 3.62. The summed E-state index contributed by atoms with van der Waals surface area (Å²) in [6, 6.07) is 4.54. The summed E-state index contributed by atoms with van der Waals surface area (Å²) >= 11 is 0. The molecular formula is C14H23N3. The van der Waals surface area contributed by atoms with Crippen LogP contribution in [0.2, 0.25) is 0 Å². The van der Waals surface area contributed by atoms with Gasteiger partial charge in [0.05, 0.1) is 0 Å². The fourth-order valence-electron chi connectivity index (χ4n) is 2.53. The maximum absolute atomic E-state index is 4.16. The van der Waals surface area contributed by atoms with Crippen molar-refractivity contribution in [2.45, 2.75) is 25.8 Å². The predicted octanol–water partition coefficient (Wildman–Crippen LogP) is 2.07. The second-order valence-electron chi connectivity index (χ2n) is 5.19. The molecule has 0 radical (unpaired) electrons. The van der Waals surface area contributed by atoms with Crippen molar-refractivity contribution in [2.75, 3.05) is 26.7 Å². The molecule has 94 valence electrons. The molecule has 2 unspecified atom stereocenters. The van der Waals surface area contributed by atoms with Gasteiger partial charge in [-0.05, 0) is 57.5 Å². The van der Waals surface area contributed by atoms with Crippen molar-refractivity contribution in [3.05, 3.63) is 30.1 Å². The summed E-state index contributed by atoms with van der Waals surface area (Å²) in [5.41, 5.74) is 1.27. The Bertz CT molecular complexity index is 325. The predicted molar refractivity (Wildman–Crippen MR) is 70.9 cm³/mol. The second kappa shape index (κ2) is 6.12. The van der Waals surface area contributed by atoms with Crippen molar-refractivity contribution in [1.29, 1.82) is 0 Å². The van der Waals surface area contributed by atoms with Gasteiger partial charge in [0.1, 0.15) is 0 Å². The molecule has 1 aromatic rings. The highest BCUT2D eigenvalue weighted by Crippen LogP contribution is 2.16. The molecule has 3 heteroatoms. The van der Waals surface area contributed by atoms with E-state index in [1.165, 1.54) is 31.5 Å². The molecule has 1 fully saturated rings. The quantitative estimate of drug-likeness (QED) is 0.863. The Morgan fingerprint density at radius 1 is 1.59 bits per heavy atom. The van der Waals surface area contributed by atoms with Gasteiger partial charge in [-0.2, -0.15) is 0 Å². The minimum atomic E-state index is 0.399. The van der Waals surface area contributed by atoms with Crippen LogP contribution >= 0.6 is 0 Å². The summed E-state index contributed by atoms with van der Waals surface area (Å²) in [6.07, 6.45) is 6.47. The highest BCUT2D eigenvalue weighted by atomic mass is 15.1. The lowest BCUT2D eigenvalue weighted by Gasteiger charge is -2.30. The Labute approximate surface area is 104 Å². The van der Waals surface area contributed by atoms with Crippen LogP contribution in [0.5, 0.6) is 0 Å². The third kappa shape index (κ3) is 3.79. The maximum Gasteiger partial charge on any atom is 0.0315 e. The van der Waals surface area contributed by atoms with Gasteiger partial charge in [0.15, 0.2) is 0 Å². The number of nitrogens with one attached hydrogen (secondary N) is 1. The first-order valence-corrected chi connectivity index (χ1v) is 6.57. The average Bonchev–Trinajstić information content (AvgIpc) is 2.37. The molecule has 1 aromatic heterocycles. The van der Waals surface area contributed by atoms with E-state index in [0.717, 1.165) is 12.5 Å². The molecule has 0 amide bonds. The van der Waals surface area contributed by atoms with Crippen LogP contribution in [0.15, 0.2) is 24.5 Å². The van der Waals surface area contributed by atoms with Gasteiger partial charge in [-0.1, -0.05) is 6.07 Å². The molecule has 2 heterocycles. The summed E-state index contributed by atoms with van der Waals surface area (Å²) in [6.45, 7) is 5.81. The third-order valence-electron chi connectivity index (χ3n) is 3.62. The minimum absolute atomic E-state index is 0.399. The first-order valence-electron chi connectivity index (χ1n) is 6.57. The molecular weight excluding hydrogens is 210 g/mol. The van der Waals surface area contributed by atoms with Crippen molar-refractivity contribution in [1.82, 2.24) is 15.2 Å². The number of nitrogens with zero attached hydrogens (tertiary/aromatic N) is 2. The van der Waals surface area contributed by atoms with Crippen molar-refractivity contribution >= 4 is 0 Å². The maximum atomic E-state index is 4.16. The molecule has 1 N–H and O–H groups in total. The van der Waals surface area contributed by atoms with Crippen molar-refractivity contribution in [3.63, 3.8) is 0 Å². The van der Waals surface area contributed by atoms with E-state index in [9.17, 15) is 0 Å². The monoisotopic (exact) mass is 233 g/mol. The molecule has 2 atom stereocenters. The molecule has 0 aromatic carbocycles. The van der Waals surface area contributed by atoms with E-state index in [1.54, 1.807) is 0 Å². The van der Waals surface area contributed by atoms with Crippen LogP contribution in [-0.2, 0) is 0 Å². The Kier molecular flexibility index (Phi) is 4.51. The minimum Gasteiger partial charge on any atom is -0.310 e. The molecule has 0 spiro atoms. The van der Waals surface area contributed by atoms with Gasteiger partial charge in [-0.15, -0.1) is 0 Å². The molecule has 2 rings (SSSR count). The highest BCUT2D eigenvalue weighted by Gasteiger charge is 2.17. The highest BCUT2D eigenvalue weighted by molar-refractivity contribution is 5.12. The van der Waals surface area contributed by atoms with Crippen LogP contribution in [0.4, 0.5) is 0 Å². The SMILES string of the molecule is CC(NCC1CCCN(C)C1)c1cccnc1. The summed E-state index contributed by atoms with van der Waals surface area (Å²) in [5, 5.41) is 3.62. The van der Waals surface area contributed by atoms with Crippen LogP contribution in [0.3, 0.4) is 0 Å². The summed E-state index contributed by atoms with van der Waals surface area (Å²) in [7, 11) is 2.22. The van der Waals surface area contributed by atoms with E-state index in [2.05, 4.69) is 35.2 Å². The molecule has 1 saturated heterocycles. The van der Waals surface area contributed by atoms with Crippen LogP contribution in [0, 0.1) is 5.92 Å². The number of hydrogen-bond donors (Lipinski definition) is 1. The largest absolute Gasteiger partial charge is 0.310 e. The van der Waals surface area contributed by atoms with Gasteiger partial charge in [-0.3, -0.25) is 4.98 Å². The number of hydrogen-bond acceptors (Lipinski definition) is 3. The van der Waals surface area contributed by atoms with Gasteiger partial charge < -0.3 is 10.2 Å². The zero-order valence-electron chi connectivity index (χ0n) is 10.9. The summed E-state index contributed by atoms with van der Waals surface area (Å²) in [4.78, 5) is 6.60. The normalized spacial score (nSPS) is 23.5. The van der Waals surface area contributed by atoms with Crippen molar-refractivity contribution in [3.8, 4) is 0 Å². The summed E-state index contributed by atoms with van der Waals surface area (Å²) < 4.78 is 0. The van der Waals surface area contributed by atoms with Gasteiger partial charge in [0.2, 0.25) is 0 Å². The number of likely N-dealkylation sites (tertiary alicyclic amines) is 1. The number of rotatable bonds is 4. The van der Waals surface area contributed by atoms with E-state index >= 15 is 0 Å². The van der Waals surface area contributed by atoms with E-state index in [1.807, 2.05) is 18.5 Å². The standard InChI is InChI=1S/C14H23N3/c1-12(14-6-3-7-15-10-14)16-9-13-5-4-8-17(2)11-13/h3,6-7,10,12-13,16H,4-5,8-9,11H2,1-2H3. The fourth-order valence-corrected chi connectivity index (χ4v) is 2.53. The van der Waals surface area contributed by atoms with Gasteiger partial charge in [0.25, 0.3) is 0 Å². The first kappa shape index (κ1) is 12.5. The summed E-state index contributed by atoms with van der Waals surface area (Å²) in [5.74, 6) is 0.799. The lowest BCUT2D eigenvalue weighted by molar-refractivity contribution is 0.203. The van der Waals surface area contributed by atoms with E-state index in [4.69, 9.17) is 0 Å². The Morgan fingerprint density at radius 3 is 3.18 bits per heavy atom. The molecule has 17 heavy (non-hydrogen) atoms. The van der Waals surface area contributed by atoms with Crippen LogP contribution < -0.4 is 5.32 Å². The van der Waals surface area contributed by atoms with E-state index < -0.39 is 0 Å². The molecule has 3 nitrogen and oxygen atoms in total.